The number of amides is 1. The van der Waals surface area contributed by atoms with Crippen LogP contribution in [-0.4, -0.2) is 25.7 Å². The number of halogens is 2. The number of nitrogens with one attached hydrogen (secondary N) is 1. The van der Waals surface area contributed by atoms with E-state index in [9.17, 15) is 4.79 Å². The van der Waals surface area contributed by atoms with Crippen molar-refractivity contribution in [3.63, 3.8) is 0 Å². The van der Waals surface area contributed by atoms with E-state index in [1.54, 1.807) is 12.1 Å². The van der Waals surface area contributed by atoms with Crippen LogP contribution in [0.5, 0.6) is 0 Å². The van der Waals surface area contributed by atoms with Crippen molar-refractivity contribution in [1.82, 2.24) is 0 Å². The molecule has 0 radical (unpaired) electrons. The fourth-order valence-electron chi connectivity index (χ4n) is 1.02. The highest BCUT2D eigenvalue weighted by molar-refractivity contribution is 9.10. The molecular formula is C10H14BrClN2O2. The van der Waals surface area contributed by atoms with Gasteiger partial charge in [0.15, 0.2) is 0 Å². The number of benzene rings is 1. The molecule has 16 heavy (non-hydrogen) atoms. The maximum atomic E-state index is 11.5. The van der Waals surface area contributed by atoms with Gasteiger partial charge in [-0.25, -0.2) is 0 Å². The number of rotatable bonds is 4. The Kier molecular flexibility index (Phi) is 7.33. The fourth-order valence-corrected chi connectivity index (χ4v) is 1.29. The van der Waals surface area contributed by atoms with Crippen LogP contribution in [0.15, 0.2) is 28.7 Å². The zero-order valence-electron chi connectivity index (χ0n) is 8.77. The molecule has 1 rings (SSSR count). The minimum Gasteiger partial charge on any atom is -0.383 e. The molecule has 1 amide bonds. The SMILES string of the molecule is COCC(N)C(=O)Nc1ccc(Br)cc1.Cl. The molecule has 90 valence electrons. The molecule has 0 bridgehead atoms. The van der Waals surface area contributed by atoms with Gasteiger partial charge in [0.25, 0.3) is 0 Å². The molecule has 0 aliphatic heterocycles. The first kappa shape index (κ1) is 15.4. The van der Waals surface area contributed by atoms with Crippen LogP contribution in [0.4, 0.5) is 5.69 Å². The minimum atomic E-state index is -0.640. The summed E-state index contributed by atoms with van der Waals surface area (Å²) in [5, 5.41) is 2.69. The second-order valence-electron chi connectivity index (χ2n) is 3.06. The summed E-state index contributed by atoms with van der Waals surface area (Å²) in [5.74, 6) is -0.251. The molecule has 1 aromatic carbocycles. The van der Waals surface area contributed by atoms with Gasteiger partial charge < -0.3 is 15.8 Å². The van der Waals surface area contributed by atoms with Crippen LogP contribution >= 0.6 is 28.3 Å². The molecule has 0 aliphatic rings. The summed E-state index contributed by atoms with van der Waals surface area (Å²) in [6.07, 6.45) is 0. The zero-order chi connectivity index (χ0) is 11.3. The third-order valence-corrected chi connectivity index (χ3v) is 2.32. The lowest BCUT2D eigenvalue weighted by Crippen LogP contribution is -2.39. The summed E-state index contributed by atoms with van der Waals surface area (Å²) in [7, 11) is 1.51. The molecule has 1 atom stereocenters. The quantitative estimate of drug-likeness (QED) is 0.891. The van der Waals surface area contributed by atoms with Crippen molar-refractivity contribution in [2.45, 2.75) is 6.04 Å². The van der Waals surface area contributed by atoms with E-state index >= 15 is 0 Å². The van der Waals surface area contributed by atoms with Gasteiger partial charge in [0.1, 0.15) is 6.04 Å². The zero-order valence-corrected chi connectivity index (χ0v) is 11.2. The first-order valence-corrected chi connectivity index (χ1v) is 5.23. The van der Waals surface area contributed by atoms with Crippen molar-refractivity contribution < 1.29 is 9.53 Å². The highest BCUT2D eigenvalue weighted by Gasteiger charge is 2.12. The monoisotopic (exact) mass is 308 g/mol. The predicted molar refractivity (Wildman–Crippen MR) is 69.9 cm³/mol. The van der Waals surface area contributed by atoms with Crippen molar-refractivity contribution in [1.29, 1.82) is 0 Å². The first-order chi connectivity index (χ1) is 7.13. The van der Waals surface area contributed by atoms with Gasteiger partial charge in [-0.05, 0) is 24.3 Å². The number of methoxy groups -OCH3 is 1. The van der Waals surface area contributed by atoms with Crippen molar-refractivity contribution in [2.75, 3.05) is 19.0 Å². The Hall–Kier alpha value is -0.620. The molecular weight excluding hydrogens is 295 g/mol. The molecule has 0 fully saturated rings. The van der Waals surface area contributed by atoms with Gasteiger partial charge in [-0.15, -0.1) is 12.4 Å². The summed E-state index contributed by atoms with van der Waals surface area (Å²) in [5.41, 5.74) is 6.28. The second-order valence-corrected chi connectivity index (χ2v) is 3.97. The summed E-state index contributed by atoms with van der Waals surface area (Å²) in [6, 6.07) is 6.64. The summed E-state index contributed by atoms with van der Waals surface area (Å²) in [6.45, 7) is 0.211. The topological polar surface area (TPSA) is 64.3 Å². The Morgan fingerprint density at radius 1 is 1.50 bits per heavy atom. The number of ether oxygens (including phenoxy) is 1. The largest absolute Gasteiger partial charge is 0.383 e. The highest BCUT2D eigenvalue weighted by Crippen LogP contribution is 2.14. The summed E-state index contributed by atoms with van der Waals surface area (Å²) >= 11 is 3.31. The Morgan fingerprint density at radius 3 is 2.56 bits per heavy atom. The van der Waals surface area contributed by atoms with Crippen molar-refractivity contribution in [3.8, 4) is 0 Å². The Labute approximate surface area is 109 Å². The lowest BCUT2D eigenvalue weighted by molar-refractivity contribution is -0.118. The Bertz CT molecular complexity index is 332. The minimum absolute atomic E-state index is 0. The van der Waals surface area contributed by atoms with Crippen LogP contribution in [0.25, 0.3) is 0 Å². The first-order valence-electron chi connectivity index (χ1n) is 4.44. The van der Waals surface area contributed by atoms with Gasteiger partial charge in [-0.3, -0.25) is 4.79 Å². The maximum absolute atomic E-state index is 11.5. The molecule has 0 heterocycles. The Morgan fingerprint density at radius 2 is 2.06 bits per heavy atom. The van der Waals surface area contributed by atoms with Crippen molar-refractivity contribution in [3.05, 3.63) is 28.7 Å². The van der Waals surface area contributed by atoms with Gasteiger partial charge in [-0.2, -0.15) is 0 Å². The number of anilines is 1. The van der Waals surface area contributed by atoms with Crippen molar-refractivity contribution >= 4 is 39.9 Å². The number of carbonyl (C=O) groups excluding carboxylic acids is 1. The molecule has 0 saturated heterocycles. The van der Waals surface area contributed by atoms with E-state index in [-0.39, 0.29) is 24.9 Å². The molecule has 1 aromatic rings. The summed E-state index contributed by atoms with van der Waals surface area (Å²) < 4.78 is 5.75. The normalized spacial score (nSPS) is 11.4. The van der Waals surface area contributed by atoms with E-state index < -0.39 is 6.04 Å². The van der Waals surface area contributed by atoms with Gasteiger partial charge in [0, 0.05) is 17.3 Å². The lowest BCUT2D eigenvalue weighted by Gasteiger charge is -2.10. The smallest absolute Gasteiger partial charge is 0.243 e. The van der Waals surface area contributed by atoms with E-state index in [4.69, 9.17) is 10.5 Å². The van der Waals surface area contributed by atoms with E-state index in [2.05, 4.69) is 21.2 Å². The molecule has 4 nitrogen and oxygen atoms in total. The van der Waals surface area contributed by atoms with E-state index in [1.807, 2.05) is 12.1 Å². The van der Waals surface area contributed by atoms with Crippen LogP contribution in [0.2, 0.25) is 0 Å². The number of hydrogen-bond donors (Lipinski definition) is 2. The molecule has 0 aliphatic carbocycles. The molecule has 6 heteroatoms. The lowest BCUT2D eigenvalue weighted by atomic mass is 10.2. The van der Waals surface area contributed by atoms with E-state index in [1.165, 1.54) is 7.11 Å². The van der Waals surface area contributed by atoms with Crippen LogP contribution in [0, 0.1) is 0 Å². The highest BCUT2D eigenvalue weighted by atomic mass is 79.9. The molecule has 0 spiro atoms. The third-order valence-electron chi connectivity index (χ3n) is 1.79. The molecule has 3 N–H and O–H groups in total. The average molecular weight is 310 g/mol. The maximum Gasteiger partial charge on any atom is 0.243 e. The standard InChI is InChI=1S/C10H13BrN2O2.ClH/c1-15-6-9(12)10(14)13-8-4-2-7(11)3-5-8;/h2-5,9H,6,12H2,1H3,(H,13,14);1H. The van der Waals surface area contributed by atoms with Crippen LogP contribution in [-0.2, 0) is 9.53 Å². The third kappa shape index (κ3) is 4.94. The average Bonchev–Trinajstić information content (AvgIpc) is 2.22. The van der Waals surface area contributed by atoms with Crippen LogP contribution < -0.4 is 11.1 Å². The van der Waals surface area contributed by atoms with Crippen LogP contribution in [0.1, 0.15) is 0 Å². The number of carbonyl (C=O) groups is 1. The number of hydrogen-bond acceptors (Lipinski definition) is 3. The molecule has 1 unspecified atom stereocenters. The van der Waals surface area contributed by atoms with Gasteiger partial charge in [-0.1, -0.05) is 15.9 Å². The van der Waals surface area contributed by atoms with Gasteiger partial charge in [0.05, 0.1) is 6.61 Å². The van der Waals surface area contributed by atoms with E-state index in [0.717, 1.165) is 10.2 Å². The van der Waals surface area contributed by atoms with E-state index in [0.29, 0.717) is 0 Å². The number of nitrogens with two attached hydrogens (primary N) is 1. The summed E-state index contributed by atoms with van der Waals surface area (Å²) in [4.78, 5) is 11.5. The fraction of sp³-hybridized carbons (Fsp3) is 0.300. The van der Waals surface area contributed by atoms with Gasteiger partial charge >= 0.3 is 0 Å². The van der Waals surface area contributed by atoms with Gasteiger partial charge in [0.2, 0.25) is 5.91 Å². The Balaban J connectivity index is 0.00000225. The van der Waals surface area contributed by atoms with Crippen LogP contribution in [0.3, 0.4) is 0 Å². The predicted octanol–water partition coefficient (Wildman–Crippen LogP) is 1.78. The molecule has 0 saturated carbocycles. The molecule has 0 aromatic heterocycles. The second kappa shape index (κ2) is 7.62. The van der Waals surface area contributed by atoms with Crippen molar-refractivity contribution in [2.24, 2.45) is 5.73 Å².